The summed E-state index contributed by atoms with van der Waals surface area (Å²) < 4.78 is 0. The molecule has 0 aromatic rings. The van der Waals surface area contributed by atoms with Gasteiger partial charge in [-0.15, -0.1) is 0 Å². The molecule has 0 radical (unpaired) electrons. The fraction of sp³-hybridized carbons (Fsp3) is 0.895. The standard InChI is InChI=1S/C19H31N3O2/c20-16-9-13-3-1-4-14(10-16)17(13)21-18(23)15-5-2-8-22(11-15)19(24)12-6-7-12/h12-17H,1-11,20H2,(H,21,23). The number of nitrogens with two attached hydrogens (primary N) is 1. The second-order valence-electron chi connectivity index (χ2n) is 8.61. The third-order valence-corrected chi connectivity index (χ3v) is 6.72. The largest absolute Gasteiger partial charge is 0.353 e. The molecule has 0 spiro atoms. The van der Waals surface area contributed by atoms with Crippen molar-refractivity contribution in [2.24, 2.45) is 29.4 Å². The molecule has 4 fully saturated rings. The average Bonchev–Trinajstić information content (AvgIpc) is 3.40. The fourth-order valence-corrected chi connectivity index (χ4v) is 5.29. The lowest BCUT2D eigenvalue weighted by Gasteiger charge is -2.46. The lowest BCUT2D eigenvalue weighted by molar-refractivity contribution is -0.137. The van der Waals surface area contributed by atoms with Crippen molar-refractivity contribution in [2.75, 3.05) is 13.1 Å². The number of amides is 2. The second-order valence-corrected chi connectivity index (χ2v) is 8.61. The number of fused-ring (bicyclic) bond motifs is 2. The number of nitrogens with one attached hydrogen (secondary N) is 1. The van der Waals surface area contributed by atoms with E-state index in [9.17, 15) is 9.59 Å². The molecule has 0 aromatic carbocycles. The van der Waals surface area contributed by atoms with Crippen molar-refractivity contribution < 1.29 is 9.59 Å². The lowest BCUT2D eigenvalue weighted by Crippen LogP contribution is -2.56. The molecule has 134 valence electrons. The Morgan fingerprint density at radius 1 is 0.917 bits per heavy atom. The topological polar surface area (TPSA) is 75.4 Å². The van der Waals surface area contributed by atoms with Crippen molar-refractivity contribution in [3.63, 3.8) is 0 Å². The maximum absolute atomic E-state index is 12.9. The van der Waals surface area contributed by atoms with Crippen molar-refractivity contribution in [1.82, 2.24) is 10.2 Å². The number of nitrogens with zero attached hydrogens (tertiary/aromatic N) is 1. The molecule has 5 nitrogen and oxygen atoms in total. The van der Waals surface area contributed by atoms with Gasteiger partial charge in [-0.1, -0.05) is 6.42 Å². The van der Waals surface area contributed by atoms with Gasteiger partial charge in [-0.3, -0.25) is 9.59 Å². The van der Waals surface area contributed by atoms with Crippen LogP contribution in [-0.2, 0) is 9.59 Å². The lowest BCUT2D eigenvalue weighted by atomic mass is 9.67. The van der Waals surface area contributed by atoms with Crippen LogP contribution in [0.1, 0.15) is 57.8 Å². The molecule has 2 amide bonds. The van der Waals surface area contributed by atoms with Crippen molar-refractivity contribution in [3.05, 3.63) is 0 Å². The van der Waals surface area contributed by atoms with Gasteiger partial charge in [-0.05, 0) is 63.2 Å². The van der Waals surface area contributed by atoms with Crippen LogP contribution in [-0.4, -0.2) is 41.9 Å². The summed E-state index contributed by atoms with van der Waals surface area (Å²) in [6.07, 6.45) is 9.74. The highest BCUT2D eigenvalue weighted by Gasteiger charge is 2.42. The minimum Gasteiger partial charge on any atom is -0.353 e. The monoisotopic (exact) mass is 333 g/mol. The highest BCUT2D eigenvalue weighted by atomic mass is 16.2. The first kappa shape index (κ1) is 16.4. The van der Waals surface area contributed by atoms with E-state index in [0.717, 1.165) is 45.1 Å². The Bertz CT molecular complexity index is 491. The highest BCUT2D eigenvalue weighted by Crippen LogP contribution is 2.40. The van der Waals surface area contributed by atoms with E-state index < -0.39 is 0 Å². The molecule has 1 aliphatic heterocycles. The SMILES string of the molecule is NC1CC2CCCC(C1)C2NC(=O)C1CCCN(C(=O)C2CC2)C1. The number of piperidine rings is 1. The van der Waals surface area contributed by atoms with Crippen LogP contribution in [0.2, 0.25) is 0 Å². The fourth-order valence-electron chi connectivity index (χ4n) is 5.29. The molecule has 5 heteroatoms. The van der Waals surface area contributed by atoms with Gasteiger partial charge in [-0.2, -0.15) is 0 Å². The first-order valence-electron chi connectivity index (χ1n) is 9.96. The summed E-state index contributed by atoms with van der Waals surface area (Å²) in [4.78, 5) is 27.1. The zero-order valence-electron chi connectivity index (χ0n) is 14.6. The molecular formula is C19H31N3O2. The summed E-state index contributed by atoms with van der Waals surface area (Å²) in [6.45, 7) is 1.46. The first-order valence-corrected chi connectivity index (χ1v) is 9.96. The number of carbonyl (C=O) groups excluding carboxylic acids is 2. The molecule has 3 saturated carbocycles. The van der Waals surface area contributed by atoms with Gasteiger partial charge < -0.3 is 16.0 Å². The van der Waals surface area contributed by atoms with Crippen LogP contribution >= 0.6 is 0 Å². The third kappa shape index (κ3) is 3.32. The number of rotatable bonds is 3. The quantitative estimate of drug-likeness (QED) is 0.825. The zero-order valence-corrected chi connectivity index (χ0v) is 14.6. The Kier molecular flexibility index (Phi) is 4.54. The van der Waals surface area contributed by atoms with E-state index in [0.29, 0.717) is 30.5 Å². The van der Waals surface area contributed by atoms with Gasteiger partial charge in [-0.25, -0.2) is 0 Å². The summed E-state index contributed by atoms with van der Waals surface area (Å²) >= 11 is 0. The molecule has 1 heterocycles. The minimum atomic E-state index is -0.0159. The van der Waals surface area contributed by atoms with Crippen molar-refractivity contribution in [1.29, 1.82) is 0 Å². The van der Waals surface area contributed by atoms with Crippen molar-refractivity contribution >= 4 is 11.8 Å². The van der Waals surface area contributed by atoms with E-state index in [1.54, 1.807) is 0 Å². The minimum absolute atomic E-state index is 0.0159. The van der Waals surface area contributed by atoms with E-state index >= 15 is 0 Å². The van der Waals surface area contributed by atoms with Crippen LogP contribution in [0.15, 0.2) is 0 Å². The molecule has 1 saturated heterocycles. The van der Waals surface area contributed by atoms with Gasteiger partial charge in [0.1, 0.15) is 0 Å². The van der Waals surface area contributed by atoms with E-state index in [2.05, 4.69) is 5.32 Å². The van der Waals surface area contributed by atoms with Crippen LogP contribution in [0.25, 0.3) is 0 Å². The number of likely N-dealkylation sites (tertiary alicyclic amines) is 1. The molecule has 3 atom stereocenters. The second kappa shape index (κ2) is 6.66. The van der Waals surface area contributed by atoms with Crippen molar-refractivity contribution in [3.8, 4) is 0 Å². The van der Waals surface area contributed by atoms with Crippen LogP contribution in [0.4, 0.5) is 0 Å². The summed E-state index contributed by atoms with van der Waals surface area (Å²) in [5.74, 6) is 1.82. The van der Waals surface area contributed by atoms with Crippen LogP contribution in [0, 0.1) is 23.7 Å². The molecule has 4 aliphatic rings. The summed E-state index contributed by atoms with van der Waals surface area (Å²) in [5, 5.41) is 3.38. The molecule has 3 N–H and O–H groups in total. The predicted molar refractivity (Wildman–Crippen MR) is 92.0 cm³/mol. The van der Waals surface area contributed by atoms with Gasteiger partial charge in [0, 0.05) is 31.1 Å². The smallest absolute Gasteiger partial charge is 0.225 e. The van der Waals surface area contributed by atoms with Gasteiger partial charge in [0.2, 0.25) is 11.8 Å². The van der Waals surface area contributed by atoms with E-state index in [1.807, 2.05) is 4.90 Å². The van der Waals surface area contributed by atoms with E-state index in [1.165, 1.54) is 19.3 Å². The third-order valence-electron chi connectivity index (χ3n) is 6.72. The Balaban J connectivity index is 1.36. The molecule has 3 aliphatic carbocycles. The summed E-state index contributed by atoms with van der Waals surface area (Å²) in [6, 6.07) is 0.635. The maximum atomic E-state index is 12.9. The Morgan fingerprint density at radius 2 is 1.62 bits per heavy atom. The molecular weight excluding hydrogens is 302 g/mol. The molecule has 24 heavy (non-hydrogen) atoms. The highest BCUT2D eigenvalue weighted by molar-refractivity contribution is 5.83. The van der Waals surface area contributed by atoms with Crippen LogP contribution in [0.3, 0.4) is 0 Å². The Labute approximate surface area is 144 Å². The van der Waals surface area contributed by atoms with Gasteiger partial charge in [0.25, 0.3) is 0 Å². The molecule has 3 unspecified atom stereocenters. The number of hydrogen-bond acceptors (Lipinski definition) is 3. The Morgan fingerprint density at radius 3 is 2.29 bits per heavy atom. The molecule has 0 aromatic heterocycles. The Hall–Kier alpha value is -1.10. The van der Waals surface area contributed by atoms with Crippen LogP contribution in [0.5, 0.6) is 0 Å². The normalized spacial score (nSPS) is 39.4. The van der Waals surface area contributed by atoms with Crippen molar-refractivity contribution in [2.45, 2.75) is 69.9 Å². The first-order chi connectivity index (χ1) is 11.6. The zero-order chi connectivity index (χ0) is 16.7. The van der Waals surface area contributed by atoms with Crippen LogP contribution < -0.4 is 11.1 Å². The average molecular weight is 333 g/mol. The number of carbonyl (C=O) groups is 2. The molecule has 2 bridgehead atoms. The maximum Gasteiger partial charge on any atom is 0.225 e. The van der Waals surface area contributed by atoms with E-state index in [4.69, 9.17) is 5.73 Å². The summed E-state index contributed by atoms with van der Waals surface area (Å²) in [5.41, 5.74) is 6.19. The van der Waals surface area contributed by atoms with Gasteiger partial charge in [0.15, 0.2) is 0 Å². The predicted octanol–water partition coefficient (Wildman–Crippen LogP) is 1.66. The summed E-state index contributed by atoms with van der Waals surface area (Å²) in [7, 11) is 0. The molecule has 4 rings (SSSR count). The van der Waals surface area contributed by atoms with Gasteiger partial charge in [0.05, 0.1) is 5.92 Å². The van der Waals surface area contributed by atoms with Gasteiger partial charge >= 0.3 is 0 Å². The van der Waals surface area contributed by atoms with E-state index in [-0.39, 0.29) is 23.7 Å². The number of hydrogen-bond donors (Lipinski definition) is 2.